The molecule has 0 aliphatic carbocycles. The number of aromatic nitrogens is 2. The predicted molar refractivity (Wildman–Crippen MR) is 121 cm³/mol. The number of hydrogen-bond acceptors (Lipinski definition) is 5. The summed E-state index contributed by atoms with van der Waals surface area (Å²) in [5, 5.41) is 5.55. The molecule has 0 saturated carbocycles. The van der Waals surface area contributed by atoms with Crippen LogP contribution < -0.4 is 16.4 Å². The van der Waals surface area contributed by atoms with Crippen molar-refractivity contribution in [3.8, 4) is 0 Å². The van der Waals surface area contributed by atoms with E-state index >= 15 is 0 Å². The molecular formula is C22H24N4O5S. The maximum absolute atomic E-state index is 13.0. The molecule has 0 atom stereocenters. The van der Waals surface area contributed by atoms with Crippen LogP contribution >= 0.6 is 0 Å². The molecule has 32 heavy (non-hydrogen) atoms. The van der Waals surface area contributed by atoms with Crippen LogP contribution in [0.4, 0.5) is 5.69 Å². The lowest BCUT2D eigenvalue weighted by molar-refractivity contribution is -0.117. The fourth-order valence-corrected chi connectivity index (χ4v) is 5.39. The number of hydrogen-bond donors (Lipinski definition) is 2. The minimum Gasteiger partial charge on any atom is -0.324 e. The van der Waals surface area contributed by atoms with Gasteiger partial charge in [0, 0.05) is 18.8 Å². The number of fused-ring (bicyclic) bond motifs is 1. The van der Waals surface area contributed by atoms with Gasteiger partial charge in [-0.05, 0) is 49.6 Å². The number of rotatable bonds is 5. The Morgan fingerprint density at radius 1 is 1.03 bits per heavy atom. The Kier molecular flexibility index (Phi) is 5.98. The van der Waals surface area contributed by atoms with Crippen molar-refractivity contribution in [1.29, 1.82) is 0 Å². The van der Waals surface area contributed by atoms with Crippen LogP contribution in [0.5, 0.6) is 0 Å². The summed E-state index contributed by atoms with van der Waals surface area (Å²) in [4.78, 5) is 37.6. The van der Waals surface area contributed by atoms with Gasteiger partial charge in [-0.2, -0.15) is 4.31 Å². The van der Waals surface area contributed by atoms with Gasteiger partial charge in [0.05, 0.1) is 15.7 Å². The second-order valence-corrected chi connectivity index (χ2v) is 9.81. The van der Waals surface area contributed by atoms with Crippen LogP contribution in [0.25, 0.3) is 10.8 Å². The van der Waals surface area contributed by atoms with E-state index in [4.69, 9.17) is 0 Å². The van der Waals surface area contributed by atoms with Crippen LogP contribution in [-0.4, -0.2) is 41.5 Å². The topological polar surface area (TPSA) is 121 Å². The van der Waals surface area contributed by atoms with E-state index in [1.165, 1.54) is 28.6 Å². The Hall–Kier alpha value is -3.24. The molecule has 2 heterocycles. The van der Waals surface area contributed by atoms with Gasteiger partial charge in [-0.15, -0.1) is 0 Å². The highest BCUT2D eigenvalue weighted by Crippen LogP contribution is 2.25. The molecule has 1 aliphatic rings. The Labute approximate surface area is 184 Å². The first kappa shape index (κ1) is 22.0. The second-order valence-electron chi connectivity index (χ2n) is 7.87. The van der Waals surface area contributed by atoms with Crippen molar-refractivity contribution in [3.63, 3.8) is 0 Å². The highest BCUT2D eigenvalue weighted by molar-refractivity contribution is 7.89. The molecule has 1 amide bonds. The third-order valence-electron chi connectivity index (χ3n) is 5.62. The van der Waals surface area contributed by atoms with Crippen molar-refractivity contribution in [2.24, 2.45) is 0 Å². The number of benzene rings is 2. The van der Waals surface area contributed by atoms with Crippen molar-refractivity contribution < 1.29 is 13.2 Å². The molecule has 0 bridgehead atoms. The summed E-state index contributed by atoms with van der Waals surface area (Å²) in [7, 11) is -3.65. The number of carbonyl (C=O) groups excluding carboxylic acids is 1. The predicted octanol–water partition coefficient (Wildman–Crippen LogP) is 1.81. The molecule has 1 fully saturated rings. The fourth-order valence-electron chi connectivity index (χ4n) is 3.84. The van der Waals surface area contributed by atoms with E-state index in [1.54, 1.807) is 25.1 Å². The second kappa shape index (κ2) is 8.71. The maximum Gasteiger partial charge on any atom is 0.273 e. The van der Waals surface area contributed by atoms with Gasteiger partial charge in [0.2, 0.25) is 15.9 Å². The van der Waals surface area contributed by atoms with E-state index in [1.807, 2.05) is 0 Å². The van der Waals surface area contributed by atoms with E-state index in [0.717, 1.165) is 23.9 Å². The molecule has 0 spiro atoms. The molecule has 1 saturated heterocycles. The van der Waals surface area contributed by atoms with Crippen LogP contribution in [0.15, 0.2) is 56.9 Å². The first-order valence-electron chi connectivity index (χ1n) is 10.4. The SMILES string of the molecule is Cc1ccc(S(=O)(=O)N2CCCCC2)cc1NC(=O)Cn1[nH]c(=O)c2ccccc2c1=O. The Morgan fingerprint density at radius 2 is 1.72 bits per heavy atom. The smallest absolute Gasteiger partial charge is 0.273 e. The summed E-state index contributed by atoms with van der Waals surface area (Å²) in [5.41, 5.74) is 0.0480. The molecule has 2 aromatic carbocycles. The molecule has 10 heteroatoms. The van der Waals surface area contributed by atoms with Crippen molar-refractivity contribution in [2.45, 2.75) is 37.6 Å². The minimum absolute atomic E-state index is 0.108. The first-order chi connectivity index (χ1) is 15.3. The summed E-state index contributed by atoms with van der Waals surface area (Å²) in [6.45, 7) is 2.30. The number of amides is 1. The van der Waals surface area contributed by atoms with Crippen LogP contribution in [0, 0.1) is 6.92 Å². The summed E-state index contributed by atoms with van der Waals surface area (Å²) >= 11 is 0. The third-order valence-corrected chi connectivity index (χ3v) is 7.52. The van der Waals surface area contributed by atoms with E-state index in [0.29, 0.717) is 24.3 Å². The summed E-state index contributed by atoms with van der Waals surface area (Å²) in [5.74, 6) is -0.561. The number of aryl methyl sites for hydroxylation is 1. The molecule has 4 rings (SSSR count). The molecule has 168 valence electrons. The van der Waals surface area contributed by atoms with E-state index in [9.17, 15) is 22.8 Å². The van der Waals surface area contributed by atoms with Gasteiger partial charge in [-0.3, -0.25) is 19.5 Å². The molecule has 1 aliphatic heterocycles. The number of piperidine rings is 1. The van der Waals surface area contributed by atoms with Crippen molar-refractivity contribution in [3.05, 3.63) is 68.7 Å². The third kappa shape index (κ3) is 4.23. The van der Waals surface area contributed by atoms with Crippen molar-refractivity contribution in [1.82, 2.24) is 14.1 Å². The van der Waals surface area contributed by atoms with Crippen molar-refractivity contribution in [2.75, 3.05) is 18.4 Å². The number of nitrogens with one attached hydrogen (secondary N) is 2. The lowest BCUT2D eigenvalue weighted by Crippen LogP contribution is -2.35. The van der Waals surface area contributed by atoms with E-state index in [-0.39, 0.29) is 15.7 Å². The standard InChI is InChI=1S/C22H24N4O5S/c1-15-9-10-16(32(30,31)25-11-5-2-6-12-25)13-19(15)23-20(27)14-26-22(29)18-8-4-3-7-17(18)21(28)24-26/h3-4,7-10,13H,2,5-6,11-12,14H2,1H3,(H,23,27)(H,24,28). The Balaban J connectivity index is 1.58. The number of H-pyrrole nitrogens is 1. The number of aromatic amines is 1. The number of nitrogens with zero attached hydrogens (tertiary/aromatic N) is 2. The highest BCUT2D eigenvalue weighted by Gasteiger charge is 2.26. The van der Waals surface area contributed by atoms with Gasteiger partial charge in [-0.25, -0.2) is 13.1 Å². The van der Waals surface area contributed by atoms with Gasteiger partial charge in [-0.1, -0.05) is 24.6 Å². The summed E-state index contributed by atoms with van der Waals surface area (Å²) in [6, 6.07) is 11.0. The molecule has 9 nitrogen and oxygen atoms in total. The quantitative estimate of drug-likeness (QED) is 0.607. The first-order valence-corrected chi connectivity index (χ1v) is 11.8. The monoisotopic (exact) mass is 456 g/mol. The number of anilines is 1. The van der Waals surface area contributed by atoms with E-state index in [2.05, 4.69) is 10.4 Å². The van der Waals surface area contributed by atoms with Gasteiger partial charge in [0.25, 0.3) is 11.1 Å². The van der Waals surface area contributed by atoms with E-state index < -0.39 is 33.6 Å². The molecule has 2 N–H and O–H groups in total. The van der Waals surface area contributed by atoms with Crippen molar-refractivity contribution >= 4 is 32.4 Å². The van der Waals surface area contributed by atoms with Crippen LogP contribution in [0.2, 0.25) is 0 Å². The molecule has 0 unspecified atom stereocenters. The number of sulfonamides is 1. The van der Waals surface area contributed by atoms with Crippen LogP contribution in [0.3, 0.4) is 0 Å². The Morgan fingerprint density at radius 3 is 2.44 bits per heavy atom. The lowest BCUT2D eigenvalue weighted by Gasteiger charge is -2.26. The van der Waals surface area contributed by atoms with Gasteiger partial charge >= 0.3 is 0 Å². The average Bonchev–Trinajstić information content (AvgIpc) is 2.79. The summed E-state index contributed by atoms with van der Waals surface area (Å²) in [6.07, 6.45) is 2.66. The molecular weight excluding hydrogens is 432 g/mol. The average molecular weight is 457 g/mol. The van der Waals surface area contributed by atoms with Gasteiger partial charge in [0.1, 0.15) is 6.54 Å². The fraction of sp³-hybridized carbons (Fsp3) is 0.318. The molecule has 1 aromatic heterocycles. The van der Waals surface area contributed by atoms with Crippen LogP contribution in [0.1, 0.15) is 24.8 Å². The Bertz CT molecular complexity index is 1400. The largest absolute Gasteiger partial charge is 0.324 e. The zero-order chi connectivity index (χ0) is 22.9. The van der Waals surface area contributed by atoms with Gasteiger partial charge < -0.3 is 5.32 Å². The zero-order valence-electron chi connectivity index (χ0n) is 17.6. The van der Waals surface area contributed by atoms with Crippen LogP contribution in [-0.2, 0) is 21.4 Å². The minimum atomic E-state index is -3.65. The maximum atomic E-state index is 13.0. The molecule has 3 aromatic rings. The lowest BCUT2D eigenvalue weighted by atomic mass is 10.2. The summed E-state index contributed by atoms with van der Waals surface area (Å²) < 4.78 is 28.3. The number of carbonyl (C=O) groups is 1. The zero-order valence-corrected chi connectivity index (χ0v) is 18.4. The van der Waals surface area contributed by atoms with Gasteiger partial charge in [0.15, 0.2) is 0 Å². The normalized spacial score (nSPS) is 15.0. The highest BCUT2D eigenvalue weighted by atomic mass is 32.2. The molecule has 0 radical (unpaired) electrons.